The first-order chi connectivity index (χ1) is 7.06. The van der Waals surface area contributed by atoms with Gasteiger partial charge in [-0.05, 0) is 37.0 Å². The summed E-state index contributed by atoms with van der Waals surface area (Å²) in [4.78, 5) is 11.1. The van der Waals surface area contributed by atoms with Gasteiger partial charge in [0.2, 0.25) is 0 Å². The van der Waals surface area contributed by atoms with E-state index < -0.39 is 12.0 Å². The van der Waals surface area contributed by atoms with Gasteiger partial charge in [0.1, 0.15) is 13.2 Å². The average molecular weight is 206 g/mol. The van der Waals surface area contributed by atoms with Crippen molar-refractivity contribution in [3.8, 4) is 0 Å². The van der Waals surface area contributed by atoms with Gasteiger partial charge in [-0.15, -0.1) is 0 Å². The Bertz CT molecular complexity index is 361. The number of hydrogen-bond acceptors (Lipinski definition) is 3. The number of hydrogen-bond donors (Lipinski definition) is 1. The lowest BCUT2D eigenvalue weighted by Crippen LogP contribution is -2.33. The fraction of sp³-hybridized carbons (Fsp3) is 0.333. The Kier molecular flexibility index (Phi) is 3.86. The van der Waals surface area contributed by atoms with E-state index in [-0.39, 0.29) is 0 Å². The molecular weight excluding hydrogens is 190 g/mol. The first-order valence-electron chi connectivity index (χ1n) is 4.82. The first kappa shape index (κ1) is 11.7. The van der Waals surface area contributed by atoms with Gasteiger partial charge in [0, 0.05) is 0 Å². The molecule has 0 unspecified atom stereocenters. The second-order valence-corrected chi connectivity index (χ2v) is 3.63. The average Bonchev–Trinajstić information content (AvgIpc) is 2.23. The maximum Gasteiger partial charge on any atom is 0.323 e. The van der Waals surface area contributed by atoms with E-state index in [0.717, 1.165) is 5.56 Å². The summed E-state index contributed by atoms with van der Waals surface area (Å²) >= 11 is 0. The third kappa shape index (κ3) is 2.80. The van der Waals surface area contributed by atoms with Crippen molar-refractivity contribution in [1.29, 1.82) is 0 Å². The molecule has 1 atom stereocenters. The summed E-state index contributed by atoms with van der Waals surface area (Å²) in [6, 6.07) is 5.32. The smallest absolute Gasteiger partial charge is 0.323 e. The van der Waals surface area contributed by atoms with Crippen LogP contribution in [0.15, 0.2) is 18.2 Å². The van der Waals surface area contributed by atoms with Gasteiger partial charge >= 0.3 is 5.97 Å². The fourth-order valence-corrected chi connectivity index (χ4v) is 1.46. The van der Waals surface area contributed by atoms with Gasteiger partial charge in [-0.1, -0.05) is 18.2 Å². The zero-order valence-electron chi connectivity index (χ0n) is 9.12. The minimum atomic E-state index is -0.636. The summed E-state index contributed by atoms with van der Waals surface area (Å²) in [5, 5.41) is 0. The second kappa shape index (κ2) is 4.94. The Labute approximate surface area is 90.2 Å². The molecule has 2 N–H and O–H groups in total. The molecule has 0 aliphatic rings. The summed E-state index contributed by atoms with van der Waals surface area (Å²) in [6.45, 7) is 4.05. The normalized spacial score (nSPS) is 12.3. The molecule has 0 saturated heterocycles. The summed E-state index contributed by atoms with van der Waals surface area (Å²) in [7, 11) is 3.06. The monoisotopic (exact) mass is 206 g/mol. The molecule has 0 aliphatic heterocycles. The Morgan fingerprint density at radius 1 is 1.53 bits per heavy atom. The molecule has 1 radical (unpaired) electrons. The molecule has 3 heteroatoms. The summed E-state index contributed by atoms with van der Waals surface area (Å²) in [5.41, 5.74) is 9.11. The maximum atomic E-state index is 11.1. The van der Waals surface area contributed by atoms with Crippen molar-refractivity contribution in [2.75, 3.05) is 0 Å². The number of carbonyl (C=O) groups excluding carboxylic acids is 1. The highest BCUT2D eigenvalue weighted by Crippen LogP contribution is 2.14. The molecule has 0 heterocycles. The SMILES string of the molecule is [CH2]OC(=O)[C@@H](N)Cc1cccc(C)c1C. The quantitative estimate of drug-likeness (QED) is 0.763. The molecule has 0 spiro atoms. The van der Waals surface area contributed by atoms with Crippen LogP contribution in [0.1, 0.15) is 16.7 Å². The van der Waals surface area contributed by atoms with Crippen LogP contribution < -0.4 is 5.73 Å². The zero-order valence-corrected chi connectivity index (χ0v) is 9.12. The van der Waals surface area contributed by atoms with E-state index in [1.54, 1.807) is 0 Å². The zero-order chi connectivity index (χ0) is 11.4. The van der Waals surface area contributed by atoms with Gasteiger partial charge in [-0.2, -0.15) is 0 Å². The van der Waals surface area contributed by atoms with Gasteiger partial charge in [0.25, 0.3) is 0 Å². The van der Waals surface area contributed by atoms with Gasteiger partial charge < -0.3 is 10.5 Å². The first-order valence-corrected chi connectivity index (χ1v) is 4.82. The molecule has 0 aromatic heterocycles. The molecule has 0 fully saturated rings. The Hall–Kier alpha value is -1.35. The molecule has 0 amide bonds. The van der Waals surface area contributed by atoms with Crippen LogP contribution in [0.5, 0.6) is 0 Å². The minimum absolute atomic E-state index is 0.476. The molecule has 1 aromatic carbocycles. The van der Waals surface area contributed by atoms with Crippen LogP contribution in [0.25, 0.3) is 0 Å². The van der Waals surface area contributed by atoms with Crippen LogP contribution in [-0.4, -0.2) is 12.0 Å². The van der Waals surface area contributed by atoms with E-state index in [4.69, 9.17) is 5.73 Å². The van der Waals surface area contributed by atoms with Gasteiger partial charge in [0.05, 0.1) is 0 Å². The Morgan fingerprint density at radius 3 is 2.80 bits per heavy atom. The molecule has 15 heavy (non-hydrogen) atoms. The van der Waals surface area contributed by atoms with Crippen molar-refractivity contribution in [3.05, 3.63) is 42.0 Å². The number of ether oxygens (including phenoxy) is 1. The Morgan fingerprint density at radius 2 is 2.20 bits per heavy atom. The van der Waals surface area contributed by atoms with Crippen LogP contribution >= 0.6 is 0 Å². The molecule has 1 aromatic rings. The van der Waals surface area contributed by atoms with Crippen LogP contribution in [-0.2, 0) is 16.0 Å². The number of rotatable bonds is 3. The van der Waals surface area contributed by atoms with Gasteiger partial charge in [0.15, 0.2) is 0 Å². The van der Waals surface area contributed by atoms with Crippen LogP contribution in [0.2, 0.25) is 0 Å². The lowest BCUT2D eigenvalue weighted by atomic mass is 9.98. The van der Waals surface area contributed by atoms with E-state index >= 15 is 0 Å². The molecule has 81 valence electrons. The summed E-state index contributed by atoms with van der Waals surface area (Å²) in [5.74, 6) is -0.476. The third-order valence-corrected chi connectivity index (χ3v) is 2.60. The number of aryl methyl sites for hydroxylation is 1. The van der Waals surface area contributed by atoms with Gasteiger partial charge in [-0.25, -0.2) is 0 Å². The highest BCUT2D eigenvalue weighted by Gasteiger charge is 2.15. The fourth-order valence-electron chi connectivity index (χ4n) is 1.46. The molecule has 0 saturated carbocycles. The van der Waals surface area contributed by atoms with Crippen molar-refractivity contribution in [3.63, 3.8) is 0 Å². The van der Waals surface area contributed by atoms with Crippen molar-refractivity contribution < 1.29 is 9.53 Å². The Balaban J connectivity index is 2.81. The predicted molar refractivity (Wildman–Crippen MR) is 59.0 cm³/mol. The predicted octanol–water partition coefficient (Wildman–Crippen LogP) is 1.51. The molecular formula is C12H16NO2. The largest absolute Gasteiger partial charge is 0.461 e. The van der Waals surface area contributed by atoms with Crippen LogP contribution in [0.4, 0.5) is 0 Å². The van der Waals surface area contributed by atoms with Crippen molar-refractivity contribution in [2.24, 2.45) is 5.73 Å². The molecule has 0 aliphatic carbocycles. The van der Waals surface area contributed by atoms with Crippen LogP contribution in [0.3, 0.4) is 0 Å². The molecule has 3 nitrogen and oxygen atoms in total. The standard InChI is InChI=1S/C12H16NO2/c1-8-5-4-6-10(9(8)2)7-11(13)12(14)15-3/h4-6,11H,3,7,13H2,1-2H3/t11-/m0/s1. The number of benzene rings is 1. The highest BCUT2D eigenvalue weighted by molar-refractivity contribution is 5.76. The van der Waals surface area contributed by atoms with Crippen molar-refractivity contribution in [1.82, 2.24) is 0 Å². The number of carbonyl (C=O) groups is 1. The third-order valence-electron chi connectivity index (χ3n) is 2.60. The highest BCUT2D eigenvalue weighted by atomic mass is 16.5. The van der Waals surface area contributed by atoms with E-state index in [0.29, 0.717) is 6.42 Å². The maximum absolute atomic E-state index is 11.1. The van der Waals surface area contributed by atoms with E-state index in [9.17, 15) is 4.79 Å². The van der Waals surface area contributed by atoms with Crippen LogP contribution in [0, 0.1) is 21.0 Å². The molecule has 1 rings (SSSR count). The van der Waals surface area contributed by atoms with E-state index in [2.05, 4.69) is 11.8 Å². The van der Waals surface area contributed by atoms with E-state index in [1.165, 1.54) is 11.1 Å². The van der Waals surface area contributed by atoms with Gasteiger partial charge in [-0.3, -0.25) is 4.79 Å². The summed E-state index contributed by atoms with van der Waals surface area (Å²) in [6.07, 6.45) is 0.488. The summed E-state index contributed by atoms with van der Waals surface area (Å²) < 4.78 is 4.34. The van der Waals surface area contributed by atoms with E-state index in [1.807, 2.05) is 32.0 Å². The minimum Gasteiger partial charge on any atom is -0.461 e. The number of nitrogens with two attached hydrogens (primary N) is 1. The number of esters is 1. The topological polar surface area (TPSA) is 52.3 Å². The second-order valence-electron chi connectivity index (χ2n) is 3.63. The lowest BCUT2D eigenvalue weighted by Gasteiger charge is -2.12. The van der Waals surface area contributed by atoms with Crippen molar-refractivity contribution >= 4 is 5.97 Å². The molecule has 0 bridgehead atoms. The lowest BCUT2D eigenvalue weighted by molar-refractivity contribution is -0.139. The van der Waals surface area contributed by atoms with Crippen molar-refractivity contribution in [2.45, 2.75) is 26.3 Å².